The van der Waals surface area contributed by atoms with Crippen LogP contribution in [0.4, 0.5) is 0 Å². The van der Waals surface area contributed by atoms with Gasteiger partial charge in [0.15, 0.2) is 5.65 Å². The minimum absolute atomic E-state index is 0.657. The third-order valence-corrected chi connectivity index (χ3v) is 2.50. The Kier molecular flexibility index (Phi) is 2.18. The summed E-state index contributed by atoms with van der Waals surface area (Å²) in [6, 6.07) is 9.86. The van der Waals surface area contributed by atoms with Gasteiger partial charge in [0.1, 0.15) is 7.11 Å². The maximum atomic E-state index is 4.67. The molecule has 17 heavy (non-hydrogen) atoms. The summed E-state index contributed by atoms with van der Waals surface area (Å²) in [4.78, 5) is 4.67. The fourth-order valence-electron chi connectivity index (χ4n) is 1.77. The molecule has 0 atom stereocenters. The molecule has 0 N–H and O–H groups in total. The van der Waals surface area contributed by atoms with Gasteiger partial charge in [0, 0.05) is 10.9 Å². The summed E-state index contributed by atoms with van der Waals surface area (Å²) in [6.45, 7) is 0. The van der Waals surface area contributed by atoms with E-state index in [4.69, 9.17) is 0 Å². The molecule has 3 aromatic rings. The van der Waals surface area contributed by atoms with Crippen molar-refractivity contribution in [1.82, 2.24) is 20.0 Å². The van der Waals surface area contributed by atoms with Gasteiger partial charge in [-0.2, -0.15) is 4.52 Å². The van der Waals surface area contributed by atoms with Crippen LogP contribution in [0, 0.1) is 0 Å². The first-order valence-corrected chi connectivity index (χ1v) is 5.06. The summed E-state index contributed by atoms with van der Waals surface area (Å²) in [6.07, 6.45) is 1.60. The van der Waals surface area contributed by atoms with Gasteiger partial charge in [0.05, 0.1) is 11.7 Å². The molecule has 2 heterocycles. The average Bonchev–Trinajstić information content (AvgIpc) is 2.85. The molecule has 3 rings (SSSR count). The van der Waals surface area contributed by atoms with Crippen LogP contribution >= 0.6 is 0 Å². The molecule has 2 aromatic heterocycles. The minimum Gasteiger partial charge on any atom is -0.399 e. The predicted octanol–water partition coefficient (Wildman–Crippen LogP) is 1.26. The van der Waals surface area contributed by atoms with Gasteiger partial charge in [0.2, 0.25) is 0 Å². The van der Waals surface area contributed by atoms with E-state index in [0.717, 1.165) is 16.5 Å². The summed E-state index contributed by atoms with van der Waals surface area (Å²) >= 11 is 0. The Morgan fingerprint density at radius 3 is 3.12 bits per heavy atom. The van der Waals surface area contributed by atoms with E-state index < -0.39 is 0 Å². The van der Waals surface area contributed by atoms with Crippen molar-refractivity contribution in [1.29, 1.82) is 0 Å². The van der Waals surface area contributed by atoms with Crippen molar-refractivity contribution in [3.8, 4) is 0 Å². The minimum atomic E-state index is 0.657. The Labute approximate surface area is 96.5 Å². The highest BCUT2D eigenvalue weighted by Crippen LogP contribution is 2.17. The van der Waals surface area contributed by atoms with Crippen LogP contribution in [0.5, 0.6) is 0 Å². The number of hydrogen-bond acceptors (Lipinski definition) is 5. The Balaban J connectivity index is 2.39. The molecule has 6 nitrogen and oxygen atoms in total. The van der Waals surface area contributed by atoms with Crippen LogP contribution in [0.2, 0.25) is 0 Å². The molecule has 0 aliphatic rings. The van der Waals surface area contributed by atoms with E-state index in [0.29, 0.717) is 5.65 Å². The van der Waals surface area contributed by atoms with Gasteiger partial charge in [0.25, 0.3) is 0 Å². The third-order valence-electron chi connectivity index (χ3n) is 2.50. The maximum absolute atomic E-state index is 4.67. The van der Waals surface area contributed by atoms with Crippen molar-refractivity contribution in [3.05, 3.63) is 35.9 Å². The molecule has 0 fully saturated rings. The maximum Gasteiger partial charge on any atom is 0.188 e. The highest BCUT2D eigenvalue weighted by atomic mass is 16.6. The second-order valence-electron chi connectivity index (χ2n) is 3.49. The van der Waals surface area contributed by atoms with Crippen LogP contribution in [-0.2, 0) is 4.84 Å². The number of pyridine rings is 1. The molecule has 0 saturated heterocycles. The molecule has 0 aliphatic heterocycles. The first-order valence-electron chi connectivity index (χ1n) is 5.06. The first kappa shape index (κ1) is 9.71. The standard InChI is InChI=1S/C11H9N5O/c1-17-12-7-9-6-8-4-2-3-5-10(8)16-11(9)13-14-15-16/h2-7H,1H3/b12-7+. The van der Waals surface area contributed by atoms with E-state index in [1.54, 1.807) is 10.7 Å². The van der Waals surface area contributed by atoms with Crippen molar-refractivity contribution in [2.75, 3.05) is 7.11 Å². The molecular formula is C11H9N5O. The summed E-state index contributed by atoms with van der Waals surface area (Å²) in [5.74, 6) is 0. The van der Waals surface area contributed by atoms with Crippen LogP contribution in [0.1, 0.15) is 5.56 Å². The van der Waals surface area contributed by atoms with Gasteiger partial charge >= 0.3 is 0 Å². The molecule has 6 heteroatoms. The fraction of sp³-hybridized carbons (Fsp3) is 0.0909. The van der Waals surface area contributed by atoms with Crippen LogP contribution in [-0.4, -0.2) is 33.4 Å². The second-order valence-corrected chi connectivity index (χ2v) is 3.49. The Hall–Kier alpha value is -2.50. The van der Waals surface area contributed by atoms with Crippen LogP contribution in [0.25, 0.3) is 16.6 Å². The van der Waals surface area contributed by atoms with Crippen LogP contribution in [0.3, 0.4) is 0 Å². The molecule has 0 spiro atoms. The van der Waals surface area contributed by atoms with E-state index >= 15 is 0 Å². The Bertz CT molecular complexity index is 703. The molecule has 0 saturated carbocycles. The van der Waals surface area contributed by atoms with Gasteiger partial charge in [-0.15, -0.1) is 5.10 Å². The Morgan fingerprint density at radius 2 is 2.24 bits per heavy atom. The van der Waals surface area contributed by atoms with E-state index in [1.807, 2.05) is 30.3 Å². The van der Waals surface area contributed by atoms with Gasteiger partial charge < -0.3 is 4.84 Å². The zero-order valence-electron chi connectivity index (χ0n) is 9.11. The predicted molar refractivity (Wildman–Crippen MR) is 62.9 cm³/mol. The largest absolute Gasteiger partial charge is 0.399 e. The summed E-state index contributed by atoms with van der Waals surface area (Å²) in [5.41, 5.74) is 2.43. The highest BCUT2D eigenvalue weighted by Gasteiger charge is 2.07. The van der Waals surface area contributed by atoms with Gasteiger partial charge in [-0.25, -0.2) is 0 Å². The normalized spacial score (nSPS) is 11.6. The van der Waals surface area contributed by atoms with E-state index in [9.17, 15) is 0 Å². The molecular weight excluding hydrogens is 218 g/mol. The molecule has 0 unspecified atom stereocenters. The lowest BCUT2D eigenvalue weighted by molar-refractivity contribution is 0.215. The molecule has 0 radical (unpaired) electrons. The van der Waals surface area contributed by atoms with E-state index in [2.05, 4.69) is 25.5 Å². The zero-order valence-corrected chi connectivity index (χ0v) is 9.11. The molecule has 84 valence electrons. The number of nitrogens with zero attached hydrogens (tertiary/aromatic N) is 5. The van der Waals surface area contributed by atoms with Crippen molar-refractivity contribution in [2.45, 2.75) is 0 Å². The topological polar surface area (TPSA) is 64.7 Å². The second kappa shape index (κ2) is 3.82. The zero-order chi connectivity index (χ0) is 11.7. The molecule has 0 aliphatic carbocycles. The number of tetrazole rings is 1. The van der Waals surface area contributed by atoms with Crippen molar-refractivity contribution >= 4 is 22.8 Å². The van der Waals surface area contributed by atoms with Gasteiger partial charge in [-0.05, 0) is 22.6 Å². The summed E-state index contributed by atoms with van der Waals surface area (Å²) in [7, 11) is 1.50. The third kappa shape index (κ3) is 1.50. The lowest BCUT2D eigenvalue weighted by Gasteiger charge is -2.01. The van der Waals surface area contributed by atoms with Gasteiger partial charge in [-0.3, -0.25) is 0 Å². The number of benzene rings is 1. The van der Waals surface area contributed by atoms with E-state index in [1.165, 1.54) is 7.11 Å². The van der Waals surface area contributed by atoms with Crippen LogP contribution in [0.15, 0.2) is 35.5 Å². The molecule has 0 amide bonds. The summed E-state index contributed by atoms with van der Waals surface area (Å²) in [5, 5.41) is 16.4. The number of rotatable bonds is 2. The molecule has 0 bridgehead atoms. The average molecular weight is 227 g/mol. The lowest BCUT2D eigenvalue weighted by Crippen LogP contribution is -1.95. The number of hydrogen-bond donors (Lipinski definition) is 0. The van der Waals surface area contributed by atoms with Gasteiger partial charge in [-0.1, -0.05) is 23.4 Å². The monoisotopic (exact) mass is 227 g/mol. The van der Waals surface area contributed by atoms with E-state index in [-0.39, 0.29) is 0 Å². The highest BCUT2D eigenvalue weighted by molar-refractivity contribution is 5.94. The number of aromatic nitrogens is 4. The SMILES string of the molecule is CO/N=C/c1cc2ccccc2n2nnnc12. The number of oxime groups is 1. The quantitative estimate of drug-likeness (QED) is 0.488. The lowest BCUT2D eigenvalue weighted by atomic mass is 10.1. The van der Waals surface area contributed by atoms with Crippen molar-refractivity contribution in [2.24, 2.45) is 5.16 Å². The van der Waals surface area contributed by atoms with Crippen molar-refractivity contribution < 1.29 is 4.84 Å². The van der Waals surface area contributed by atoms with Crippen LogP contribution < -0.4 is 0 Å². The summed E-state index contributed by atoms with van der Waals surface area (Å²) < 4.78 is 1.69. The number of fused-ring (bicyclic) bond motifs is 3. The smallest absolute Gasteiger partial charge is 0.188 e. The first-order chi connectivity index (χ1) is 8.40. The fourth-order valence-corrected chi connectivity index (χ4v) is 1.77. The number of para-hydroxylation sites is 1. The molecule has 1 aromatic carbocycles. The van der Waals surface area contributed by atoms with Crippen molar-refractivity contribution in [3.63, 3.8) is 0 Å². The Morgan fingerprint density at radius 1 is 1.35 bits per heavy atom.